The molecule has 4 rings (SSSR count). The molecule has 3 aromatic rings. The van der Waals surface area contributed by atoms with Crippen LogP contribution in [0.5, 0.6) is 0 Å². The lowest BCUT2D eigenvalue weighted by Gasteiger charge is -2.33. The van der Waals surface area contributed by atoms with Gasteiger partial charge in [-0.25, -0.2) is 4.98 Å². The maximum atomic E-state index is 12.3. The lowest BCUT2D eigenvalue weighted by molar-refractivity contribution is -0.914. The Labute approximate surface area is 147 Å². The second-order valence-electron chi connectivity index (χ2n) is 6.77. The first kappa shape index (κ1) is 15.8. The Morgan fingerprint density at radius 1 is 1.08 bits per heavy atom. The van der Waals surface area contributed by atoms with Crippen LogP contribution in [0.3, 0.4) is 0 Å². The number of anilines is 1. The van der Waals surface area contributed by atoms with Crippen LogP contribution < -0.4 is 15.4 Å². The summed E-state index contributed by atoms with van der Waals surface area (Å²) in [5, 5.41) is 0. The first-order chi connectivity index (χ1) is 12.2. The van der Waals surface area contributed by atoms with E-state index in [0.29, 0.717) is 0 Å². The van der Waals surface area contributed by atoms with Crippen LogP contribution in [-0.2, 0) is 6.54 Å². The summed E-state index contributed by atoms with van der Waals surface area (Å²) < 4.78 is 1.63. The van der Waals surface area contributed by atoms with Crippen molar-refractivity contribution in [3.05, 3.63) is 76.3 Å². The smallest absolute Gasteiger partial charge is 0.258 e. The standard InChI is InChI=1S/C20H22N4O/c1-16-7-8-19-21-17(13-20(25)24(19)14-16)15-22-9-11-23(12-10-22)18-5-3-2-4-6-18/h2-8,13-14H,9-12,15H2,1H3/p+1. The Morgan fingerprint density at radius 3 is 2.60 bits per heavy atom. The van der Waals surface area contributed by atoms with Crippen molar-refractivity contribution in [2.75, 3.05) is 31.1 Å². The fourth-order valence-electron chi connectivity index (χ4n) is 3.50. The number of para-hydroxylation sites is 1. The lowest BCUT2D eigenvalue weighted by Crippen LogP contribution is -3.13. The summed E-state index contributed by atoms with van der Waals surface area (Å²) in [4.78, 5) is 20.9. The number of quaternary nitrogens is 1. The summed E-state index contributed by atoms with van der Waals surface area (Å²) in [5.41, 5.74) is 3.98. The molecule has 0 saturated carbocycles. The second kappa shape index (κ2) is 6.69. The SMILES string of the molecule is Cc1ccc2nc(C[NH+]3CCN(c4ccccc4)CC3)cc(=O)n2c1. The third-order valence-electron chi connectivity index (χ3n) is 4.88. The van der Waals surface area contributed by atoms with E-state index in [9.17, 15) is 4.79 Å². The van der Waals surface area contributed by atoms with E-state index < -0.39 is 0 Å². The van der Waals surface area contributed by atoms with Gasteiger partial charge in [0.15, 0.2) is 0 Å². The van der Waals surface area contributed by atoms with Crippen molar-refractivity contribution >= 4 is 11.3 Å². The van der Waals surface area contributed by atoms with E-state index in [4.69, 9.17) is 0 Å². The number of aromatic nitrogens is 2. The molecule has 1 aromatic carbocycles. The summed E-state index contributed by atoms with van der Waals surface area (Å²) in [6, 6.07) is 16.2. The van der Waals surface area contributed by atoms with E-state index in [-0.39, 0.29) is 5.56 Å². The molecule has 0 unspecified atom stereocenters. The fraction of sp³-hybridized carbons (Fsp3) is 0.300. The number of hydrogen-bond acceptors (Lipinski definition) is 3. The highest BCUT2D eigenvalue weighted by atomic mass is 16.1. The minimum atomic E-state index is 0.00558. The summed E-state index contributed by atoms with van der Waals surface area (Å²) in [5.74, 6) is 0. The minimum absolute atomic E-state index is 0.00558. The Balaban J connectivity index is 1.46. The molecule has 25 heavy (non-hydrogen) atoms. The number of nitrogens with zero attached hydrogens (tertiary/aromatic N) is 3. The predicted octanol–water partition coefficient (Wildman–Crippen LogP) is 0.908. The molecule has 0 spiro atoms. The van der Waals surface area contributed by atoms with E-state index in [1.54, 1.807) is 10.5 Å². The molecular formula is C20H23N4O+. The molecule has 5 heteroatoms. The van der Waals surface area contributed by atoms with Gasteiger partial charge in [-0.1, -0.05) is 24.3 Å². The van der Waals surface area contributed by atoms with Gasteiger partial charge >= 0.3 is 0 Å². The van der Waals surface area contributed by atoms with Gasteiger partial charge in [0.1, 0.15) is 17.9 Å². The molecular weight excluding hydrogens is 312 g/mol. The highest BCUT2D eigenvalue weighted by Gasteiger charge is 2.21. The van der Waals surface area contributed by atoms with Crippen LogP contribution in [0.1, 0.15) is 11.3 Å². The third-order valence-corrected chi connectivity index (χ3v) is 4.88. The van der Waals surface area contributed by atoms with Gasteiger partial charge in [-0.15, -0.1) is 0 Å². The first-order valence-corrected chi connectivity index (χ1v) is 8.81. The minimum Gasteiger partial charge on any atom is -0.360 e. The maximum absolute atomic E-state index is 12.3. The van der Waals surface area contributed by atoms with Crippen LogP contribution in [0.2, 0.25) is 0 Å². The Hall–Kier alpha value is -2.66. The normalized spacial score (nSPS) is 15.6. The lowest BCUT2D eigenvalue weighted by atomic mass is 10.2. The van der Waals surface area contributed by atoms with E-state index in [2.05, 4.69) is 40.2 Å². The average Bonchev–Trinajstić information content (AvgIpc) is 2.64. The maximum Gasteiger partial charge on any atom is 0.258 e. The summed E-state index contributed by atoms with van der Waals surface area (Å²) >= 11 is 0. The number of benzene rings is 1. The van der Waals surface area contributed by atoms with Crippen molar-refractivity contribution in [3.63, 3.8) is 0 Å². The van der Waals surface area contributed by atoms with Gasteiger partial charge in [-0.3, -0.25) is 9.20 Å². The van der Waals surface area contributed by atoms with Crippen molar-refractivity contribution < 1.29 is 4.90 Å². The van der Waals surface area contributed by atoms with E-state index >= 15 is 0 Å². The highest BCUT2D eigenvalue weighted by molar-refractivity contribution is 5.46. The average molecular weight is 335 g/mol. The molecule has 1 saturated heterocycles. The zero-order chi connectivity index (χ0) is 17.2. The summed E-state index contributed by atoms with van der Waals surface area (Å²) in [6.45, 7) is 6.97. The quantitative estimate of drug-likeness (QED) is 0.774. The number of hydrogen-bond donors (Lipinski definition) is 1. The van der Waals surface area contributed by atoms with Crippen LogP contribution in [0, 0.1) is 6.92 Å². The number of piperazine rings is 1. The van der Waals surface area contributed by atoms with Gasteiger partial charge in [-0.2, -0.15) is 0 Å². The molecule has 1 fully saturated rings. The van der Waals surface area contributed by atoms with Gasteiger partial charge in [0.25, 0.3) is 5.56 Å². The molecule has 5 nitrogen and oxygen atoms in total. The molecule has 0 bridgehead atoms. The van der Waals surface area contributed by atoms with Gasteiger partial charge in [0, 0.05) is 18.0 Å². The highest BCUT2D eigenvalue weighted by Crippen LogP contribution is 2.12. The zero-order valence-electron chi connectivity index (χ0n) is 14.5. The molecule has 1 aliphatic heterocycles. The monoisotopic (exact) mass is 335 g/mol. The van der Waals surface area contributed by atoms with Crippen LogP contribution in [0.4, 0.5) is 5.69 Å². The van der Waals surface area contributed by atoms with Gasteiger partial charge in [-0.05, 0) is 30.7 Å². The number of rotatable bonds is 3. The third kappa shape index (κ3) is 3.42. The van der Waals surface area contributed by atoms with Gasteiger partial charge < -0.3 is 9.80 Å². The largest absolute Gasteiger partial charge is 0.360 e. The van der Waals surface area contributed by atoms with Crippen molar-refractivity contribution in [3.8, 4) is 0 Å². The van der Waals surface area contributed by atoms with Gasteiger partial charge in [0.2, 0.25) is 0 Å². The molecule has 3 heterocycles. The topological polar surface area (TPSA) is 42.0 Å². The molecule has 0 amide bonds. The van der Waals surface area contributed by atoms with Gasteiger partial charge in [0.05, 0.1) is 26.2 Å². The van der Waals surface area contributed by atoms with Crippen molar-refractivity contribution in [2.24, 2.45) is 0 Å². The number of fused-ring (bicyclic) bond motifs is 1. The van der Waals surface area contributed by atoms with Crippen LogP contribution in [-0.4, -0.2) is 35.6 Å². The number of aryl methyl sites for hydroxylation is 1. The van der Waals surface area contributed by atoms with E-state index in [1.165, 1.54) is 10.6 Å². The van der Waals surface area contributed by atoms with E-state index in [0.717, 1.165) is 49.6 Å². The summed E-state index contributed by atoms with van der Waals surface area (Å²) in [7, 11) is 0. The van der Waals surface area contributed by atoms with Crippen molar-refractivity contribution in [1.29, 1.82) is 0 Å². The molecule has 0 radical (unpaired) electrons. The molecule has 128 valence electrons. The predicted molar refractivity (Wildman–Crippen MR) is 99.3 cm³/mol. The van der Waals surface area contributed by atoms with Crippen molar-refractivity contribution in [1.82, 2.24) is 9.38 Å². The van der Waals surface area contributed by atoms with Crippen LogP contribution >= 0.6 is 0 Å². The zero-order valence-corrected chi connectivity index (χ0v) is 14.5. The molecule has 1 aliphatic rings. The Morgan fingerprint density at radius 2 is 1.84 bits per heavy atom. The molecule has 1 N–H and O–H groups in total. The Kier molecular flexibility index (Phi) is 4.24. The summed E-state index contributed by atoms with van der Waals surface area (Å²) in [6.07, 6.45) is 1.85. The van der Waals surface area contributed by atoms with Crippen molar-refractivity contribution in [2.45, 2.75) is 13.5 Å². The molecule has 2 aromatic heterocycles. The van der Waals surface area contributed by atoms with E-state index in [1.807, 2.05) is 25.3 Å². The van der Waals surface area contributed by atoms with Crippen LogP contribution in [0.15, 0.2) is 59.5 Å². The molecule has 0 atom stereocenters. The fourth-order valence-corrected chi connectivity index (χ4v) is 3.50. The second-order valence-corrected chi connectivity index (χ2v) is 6.77. The number of pyridine rings is 1. The first-order valence-electron chi connectivity index (χ1n) is 8.81. The van der Waals surface area contributed by atoms with Crippen LogP contribution in [0.25, 0.3) is 5.65 Å². The molecule has 0 aliphatic carbocycles. The Bertz CT molecular complexity index is 927. The number of nitrogens with one attached hydrogen (secondary N) is 1.